The number of oxime groups is 1. The highest BCUT2D eigenvalue weighted by Gasteiger charge is 2.14. The molecule has 0 saturated heterocycles. The van der Waals surface area contributed by atoms with E-state index in [0.717, 1.165) is 12.1 Å². The topological polar surface area (TPSA) is 87.6 Å². The second-order valence-electron chi connectivity index (χ2n) is 4.02. The summed E-state index contributed by atoms with van der Waals surface area (Å²) in [7, 11) is 0. The van der Waals surface area contributed by atoms with Crippen molar-refractivity contribution < 1.29 is 5.21 Å². The molecule has 0 aromatic carbocycles. The summed E-state index contributed by atoms with van der Waals surface area (Å²) in [6.45, 7) is 7.24. The highest BCUT2D eigenvalue weighted by molar-refractivity contribution is 5.82. The molecular formula is C11H19N5O. The lowest BCUT2D eigenvalue weighted by atomic mass is 10.1. The average molecular weight is 237 g/mol. The molecule has 0 fully saturated rings. The molecule has 1 rings (SSSR count). The maximum Gasteiger partial charge on any atom is 0.225 e. The molecule has 1 unspecified atom stereocenters. The Morgan fingerprint density at radius 1 is 1.53 bits per heavy atom. The highest BCUT2D eigenvalue weighted by Crippen LogP contribution is 2.09. The van der Waals surface area contributed by atoms with Crippen molar-refractivity contribution in [3.8, 4) is 0 Å². The number of aryl methyl sites for hydroxylation is 1. The van der Waals surface area contributed by atoms with E-state index in [4.69, 9.17) is 10.9 Å². The Hall–Kier alpha value is -1.85. The second-order valence-corrected chi connectivity index (χ2v) is 4.02. The number of aromatic nitrogens is 2. The van der Waals surface area contributed by atoms with E-state index >= 15 is 0 Å². The van der Waals surface area contributed by atoms with Gasteiger partial charge in [0.1, 0.15) is 5.84 Å². The minimum Gasteiger partial charge on any atom is -0.409 e. The lowest BCUT2D eigenvalue weighted by molar-refractivity contribution is 0.314. The fraction of sp³-hybridized carbons (Fsp3) is 0.545. The van der Waals surface area contributed by atoms with E-state index in [0.29, 0.717) is 12.5 Å². The average Bonchev–Trinajstić information content (AvgIpc) is 2.35. The summed E-state index contributed by atoms with van der Waals surface area (Å²) >= 11 is 0. The smallest absolute Gasteiger partial charge is 0.225 e. The number of amidine groups is 1. The zero-order valence-electron chi connectivity index (χ0n) is 10.5. The van der Waals surface area contributed by atoms with Crippen LogP contribution in [0.25, 0.3) is 0 Å². The van der Waals surface area contributed by atoms with Gasteiger partial charge in [0.25, 0.3) is 0 Å². The van der Waals surface area contributed by atoms with E-state index in [2.05, 4.69) is 15.1 Å². The molecule has 0 radical (unpaired) electrons. The third-order valence-electron chi connectivity index (χ3n) is 2.55. The zero-order chi connectivity index (χ0) is 12.8. The van der Waals surface area contributed by atoms with Crippen LogP contribution in [0.15, 0.2) is 17.5 Å². The van der Waals surface area contributed by atoms with Gasteiger partial charge in [0.05, 0.1) is 0 Å². The van der Waals surface area contributed by atoms with Gasteiger partial charge in [-0.25, -0.2) is 9.97 Å². The van der Waals surface area contributed by atoms with Crippen LogP contribution in [0.2, 0.25) is 0 Å². The lowest BCUT2D eigenvalue weighted by Crippen LogP contribution is -2.35. The fourth-order valence-electron chi connectivity index (χ4n) is 1.42. The SMILES string of the molecule is CCN(CC(C)C(N)=NO)c1ncc(C)cn1. The van der Waals surface area contributed by atoms with E-state index in [-0.39, 0.29) is 11.8 Å². The minimum atomic E-state index is -0.0511. The van der Waals surface area contributed by atoms with Crippen LogP contribution in [-0.4, -0.2) is 34.1 Å². The lowest BCUT2D eigenvalue weighted by Gasteiger charge is -2.23. The van der Waals surface area contributed by atoms with Gasteiger partial charge in [0.2, 0.25) is 5.95 Å². The monoisotopic (exact) mass is 237 g/mol. The number of anilines is 1. The molecule has 1 atom stereocenters. The zero-order valence-corrected chi connectivity index (χ0v) is 10.5. The van der Waals surface area contributed by atoms with E-state index in [1.54, 1.807) is 12.4 Å². The Balaban J connectivity index is 2.75. The van der Waals surface area contributed by atoms with E-state index < -0.39 is 0 Å². The molecule has 3 N–H and O–H groups in total. The first kappa shape index (κ1) is 13.2. The Bertz CT molecular complexity index is 376. The quantitative estimate of drug-likeness (QED) is 0.345. The molecule has 1 aromatic heterocycles. The summed E-state index contributed by atoms with van der Waals surface area (Å²) in [5, 5.41) is 11.6. The van der Waals surface area contributed by atoms with E-state index in [1.807, 2.05) is 25.7 Å². The third-order valence-corrected chi connectivity index (χ3v) is 2.55. The summed E-state index contributed by atoms with van der Waals surface area (Å²) in [5.41, 5.74) is 6.58. The first-order chi connectivity index (χ1) is 8.08. The van der Waals surface area contributed by atoms with Crippen LogP contribution in [0.3, 0.4) is 0 Å². The Kier molecular flexibility index (Phi) is 4.68. The van der Waals surface area contributed by atoms with E-state index in [9.17, 15) is 0 Å². The maximum atomic E-state index is 8.61. The molecule has 0 aliphatic heterocycles. The highest BCUT2D eigenvalue weighted by atomic mass is 16.4. The van der Waals surface area contributed by atoms with Gasteiger partial charge >= 0.3 is 0 Å². The van der Waals surface area contributed by atoms with Gasteiger partial charge in [0.15, 0.2) is 0 Å². The summed E-state index contributed by atoms with van der Waals surface area (Å²) in [4.78, 5) is 10.5. The van der Waals surface area contributed by atoms with Gasteiger partial charge in [-0.3, -0.25) is 0 Å². The van der Waals surface area contributed by atoms with E-state index in [1.165, 1.54) is 0 Å². The predicted molar refractivity (Wildman–Crippen MR) is 67.2 cm³/mol. The van der Waals surface area contributed by atoms with Crippen molar-refractivity contribution in [1.82, 2.24) is 9.97 Å². The van der Waals surface area contributed by atoms with Crippen LogP contribution in [0.1, 0.15) is 19.4 Å². The van der Waals surface area contributed by atoms with Gasteiger partial charge in [-0.05, 0) is 19.4 Å². The van der Waals surface area contributed by atoms with Gasteiger partial charge in [-0.1, -0.05) is 12.1 Å². The first-order valence-corrected chi connectivity index (χ1v) is 5.59. The van der Waals surface area contributed by atoms with Crippen LogP contribution < -0.4 is 10.6 Å². The molecule has 0 aliphatic rings. The summed E-state index contributed by atoms with van der Waals surface area (Å²) in [5.74, 6) is 0.830. The van der Waals surface area contributed by atoms with Crippen LogP contribution in [-0.2, 0) is 0 Å². The van der Waals surface area contributed by atoms with Crippen LogP contribution in [0.5, 0.6) is 0 Å². The summed E-state index contributed by atoms with van der Waals surface area (Å²) in [6.07, 6.45) is 3.55. The normalized spacial score (nSPS) is 13.5. The van der Waals surface area contributed by atoms with Gasteiger partial charge in [0, 0.05) is 31.4 Å². The van der Waals surface area contributed by atoms with Crippen molar-refractivity contribution in [3.05, 3.63) is 18.0 Å². The Morgan fingerprint density at radius 2 is 2.12 bits per heavy atom. The minimum absolute atomic E-state index is 0.0511. The van der Waals surface area contributed by atoms with Crippen molar-refractivity contribution in [1.29, 1.82) is 0 Å². The van der Waals surface area contributed by atoms with Crippen molar-refractivity contribution in [2.24, 2.45) is 16.8 Å². The standard InChI is InChI=1S/C11H19N5O/c1-4-16(7-9(3)10(12)15-17)11-13-5-8(2)6-14-11/h5-6,9,17H,4,7H2,1-3H3,(H2,12,15). The molecule has 17 heavy (non-hydrogen) atoms. The predicted octanol–water partition coefficient (Wildman–Crippen LogP) is 0.994. The first-order valence-electron chi connectivity index (χ1n) is 5.59. The fourth-order valence-corrected chi connectivity index (χ4v) is 1.42. The molecule has 0 saturated carbocycles. The van der Waals surface area contributed by atoms with Crippen LogP contribution in [0, 0.1) is 12.8 Å². The number of hydrogen-bond donors (Lipinski definition) is 2. The molecule has 0 bridgehead atoms. The summed E-state index contributed by atoms with van der Waals surface area (Å²) in [6, 6.07) is 0. The Morgan fingerprint density at radius 3 is 2.59 bits per heavy atom. The Labute approximate surface area is 101 Å². The van der Waals surface area contributed by atoms with Crippen molar-refractivity contribution in [2.45, 2.75) is 20.8 Å². The molecular weight excluding hydrogens is 218 g/mol. The van der Waals surface area contributed by atoms with Crippen LogP contribution >= 0.6 is 0 Å². The summed E-state index contributed by atoms with van der Waals surface area (Å²) < 4.78 is 0. The molecule has 0 spiro atoms. The molecule has 6 nitrogen and oxygen atoms in total. The van der Waals surface area contributed by atoms with Gasteiger partial charge in [-0.15, -0.1) is 0 Å². The largest absolute Gasteiger partial charge is 0.409 e. The molecule has 0 aliphatic carbocycles. The molecule has 1 heterocycles. The maximum absolute atomic E-state index is 8.61. The number of nitrogens with two attached hydrogens (primary N) is 1. The second kappa shape index (κ2) is 6.03. The van der Waals surface area contributed by atoms with Crippen molar-refractivity contribution in [2.75, 3.05) is 18.0 Å². The third kappa shape index (κ3) is 3.58. The molecule has 6 heteroatoms. The number of hydrogen-bond acceptors (Lipinski definition) is 5. The van der Waals surface area contributed by atoms with Crippen LogP contribution in [0.4, 0.5) is 5.95 Å². The molecule has 94 valence electrons. The van der Waals surface area contributed by atoms with Gasteiger partial charge in [-0.2, -0.15) is 0 Å². The molecule has 1 aromatic rings. The van der Waals surface area contributed by atoms with Crippen molar-refractivity contribution >= 4 is 11.8 Å². The van der Waals surface area contributed by atoms with Crippen molar-refractivity contribution in [3.63, 3.8) is 0 Å². The molecule has 0 amide bonds. The number of rotatable bonds is 5. The number of nitrogens with zero attached hydrogens (tertiary/aromatic N) is 4. The van der Waals surface area contributed by atoms with Gasteiger partial charge < -0.3 is 15.8 Å².